The average Bonchev–Trinajstić information content (AvgIpc) is 2.32. The lowest BCUT2D eigenvalue weighted by atomic mass is 10.3. The van der Waals surface area contributed by atoms with Crippen LogP contribution in [-0.4, -0.2) is 30.7 Å². The van der Waals surface area contributed by atoms with Crippen LogP contribution >= 0.6 is 11.6 Å². The van der Waals surface area contributed by atoms with Gasteiger partial charge in [0.2, 0.25) is 11.3 Å². The van der Waals surface area contributed by atoms with Gasteiger partial charge < -0.3 is 22.0 Å². The van der Waals surface area contributed by atoms with E-state index in [2.05, 4.69) is 14.7 Å². The highest BCUT2D eigenvalue weighted by Crippen LogP contribution is 2.38. The third-order valence-electron chi connectivity index (χ3n) is 1.73. The molecule has 1 aromatic rings. The molecular weight excluding hydrogens is 390 g/mol. The van der Waals surface area contributed by atoms with Gasteiger partial charge in [-0.1, -0.05) is 11.6 Å². The Hall–Kier alpha value is -1.98. The molecular formula is C8H3BClF10N3O. The van der Waals surface area contributed by atoms with E-state index < -0.39 is 36.6 Å². The van der Waals surface area contributed by atoms with Crippen molar-refractivity contribution in [2.75, 3.05) is 0 Å². The van der Waals surface area contributed by atoms with Gasteiger partial charge in [0.15, 0.2) is 4.98 Å². The third kappa shape index (κ3) is 8.60. The molecule has 0 atom stereocenters. The van der Waals surface area contributed by atoms with Gasteiger partial charge in [0, 0.05) is 0 Å². The summed E-state index contributed by atoms with van der Waals surface area (Å²) in [6.07, 6.45) is -14.7. The molecule has 136 valence electrons. The van der Waals surface area contributed by atoms with Crippen molar-refractivity contribution < 1.29 is 48.3 Å². The molecule has 0 aliphatic heterocycles. The predicted octanol–water partition coefficient (Wildman–Crippen LogP) is 5.39. The summed E-state index contributed by atoms with van der Waals surface area (Å²) in [7, 11) is -6.00. The van der Waals surface area contributed by atoms with Gasteiger partial charge in [0.05, 0.1) is 6.07 Å². The lowest BCUT2D eigenvalue weighted by Crippen LogP contribution is -2.46. The minimum Gasteiger partial charge on any atom is -0.454 e. The SMILES string of the molecule is F[B-](F)(F)F.N#[N+]c1cnc(OC(C(F)(F)F)C(F)(F)F)c(Cl)c1. The molecule has 0 aliphatic rings. The summed E-state index contributed by atoms with van der Waals surface area (Å²) in [5.41, 5.74) is -0.257. The Morgan fingerprint density at radius 1 is 1.08 bits per heavy atom. The number of alkyl halides is 6. The summed E-state index contributed by atoms with van der Waals surface area (Å²) >= 11 is 5.36. The zero-order valence-corrected chi connectivity index (χ0v) is 11.5. The average molecular weight is 393 g/mol. The van der Waals surface area contributed by atoms with E-state index in [0.717, 1.165) is 6.07 Å². The Labute approximate surface area is 131 Å². The summed E-state index contributed by atoms with van der Waals surface area (Å²) in [5, 5.41) is 7.66. The van der Waals surface area contributed by atoms with Gasteiger partial charge in [-0.15, -0.1) is 0 Å². The maximum Gasteiger partial charge on any atom is 0.673 e. The fraction of sp³-hybridized carbons (Fsp3) is 0.375. The van der Waals surface area contributed by atoms with E-state index in [1.165, 1.54) is 0 Å². The topological polar surface area (TPSA) is 50.3 Å². The van der Waals surface area contributed by atoms with Crippen molar-refractivity contribution in [1.29, 1.82) is 5.39 Å². The van der Waals surface area contributed by atoms with Gasteiger partial charge >= 0.3 is 25.3 Å². The molecule has 0 unspecified atom stereocenters. The van der Waals surface area contributed by atoms with Crippen LogP contribution in [0.1, 0.15) is 0 Å². The van der Waals surface area contributed by atoms with Crippen molar-refractivity contribution >= 4 is 24.5 Å². The molecule has 0 amide bonds. The molecule has 0 fully saturated rings. The summed E-state index contributed by atoms with van der Waals surface area (Å²) in [4.78, 5) is 5.71. The Bertz CT molecular complexity index is 576. The molecule has 1 rings (SSSR count). The molecule has 16 heteroatoms. The van der Waals surface area contributed by atoms with Crippen LogP contribution in [0, 0.1) is 5.39 Å². The van der Waals surface area contributed by atoms with E-state index in [1.807, 2.05) is 0 Å². The summed E-state index contributed by atoms with van der Waals surface area (Å²) in [6, 6.07) is 0.785. The Morgan fingerprint density at radius 3 is 1.79 bits per heavy atom. The highest BCUT2D eigenvalue weighted by atomic mass is 35.5. The zero-order chi connectivity index (χ0) is 19.3. The summed E-state index contributed by atoms with van der Waals surface area (Å²) in [5.74, 6) is -1.08. The van der Waals surface area contributed by atoms with E-state index in [9.17, 15) is 43.6 Å². The fourth-order valence-corrected chi connectivity index (χ4v) is 1.19. The first-order chi connectivity index (χ1) is 10.6. The van der Waals surface area contributed by atoms with Crippen molar-refractivity contribution in [1.82, 2.24) is 4.98 Å². The number of nitrogens with zero attached hydrogens (tertiary/aromatic N) is 3. The maximum absolute atomic E-state index is 12.2. The largest absolute Gasteiger partial charge is 0.673 e. The second-order valence-corrected chi connectivity index (χ2v) is 4.06. The minimum atomic E-state index is -6.00. The van der Waals surface area contributed by atoms with Crippen LogP contribution in [0.25, 0.3) is 4.98 Å². The fourth-order valence-electron chi connectivity index (χ4n) is 0.988. The molecule has 0 N–H and O–H groups in total. The molecule has 0 radical (unpaired) electrons. The highest BCUT2D eigenvalue weighted by Gasteiger charge is 2.59. The van der Waals surface area contributed by atoms with Gasteiger partial charge in [0.25, 0.3) is 6.10 Å². The Balaban J connectivity index is 0.000000922. The van der Waals surface area contributed by atoms with Crippen molar-refractivity contribution in [2.45, 2.75) is 18.5 Å². The molecule has 4 nitrogen and oxygen atoms in total. The number of halogens is 11. The number of hydrogen-bond donors (Lipinski definition) is 0. The number of hydrogen-bond acceptors (Lipinski definition) is 3. The molecule has 0 aliphatic carbocycles. The van der Waals surface area contributed by atoms with Crippen LogP contribution in [0.4, 0.5) is 49.3 Å². The van der Waals surface area contributed by atoms with Gasteiger partial charge in [-0.2, -0.15) is 26.3 Å². The number of aromatic nitrogens is 1. The number of diazo groups is 1. The van der Waals surface area contributed by atoms with Gasteiger partial charge in [-0.25, -0.2) is 4.98 Å². The first kappa shape index (κ1) is 22.0. The summed E-state index contributed by atoms with van der Waals surface area (Å²) in [6.45, 7) is 0. The Kier molecular flexibility index (Phi) is 7.09. The molecule has 0 spiro atoms. The van der Waals surface area contributed by atoms with E-state index in [0.29, 0.717) is 6.20 Å². The second-order valence-electron chi connectivity index (χ2n) is 3.66. The van der Waals surface area contributed by atoms with Gasteiger partial charge in [-0.3, -0.25) is 0 Å². The molecule has 24 heavy (non-hydrogen) atoms. The second kappa shape index (κ2) is 7.73. The smallest absolute Gasteiger partial charge is 0.454 e. The standard InChI is InChI=1S/C8H3ClF6N3O.BF4/c9-4-1-3(18-16)2-17-5(4)19-6(7(10,11)12)8(13,14)15;2-1(3,4)5/h1-2,6H;/q+1;-1. The van der Waals surface area contributed by atoms with Crippen LogP contribution in [-0.2, 0) is 0 Å². The highest BCUT2D eigenvalue weighted by molar-refractivity contribution is 6.50. The van der Waals surface area contributed by atoms with Gasteiger partial charge in [-0.05, 0) is 0 Å². The van der Waals surface area contributed by atoms with Crippen molar-refractivity contribution in [2.24, 2.45) is 0 Å². The Morgan fingerprint density at radius 2 is 1.50 bits per heavy atom. The van der Waals surface area contributed by atoms with E-state index in [-0.39, 0.29) is 5.69 Å². The number of pyridine rings is 1. The zero-order valence-electron chi connectivity index (χ0n) is 10.7. The van der Waals surface area contributed by atoms with Gasteiger partial charge in [0.1, 0.15) is 11.2 Å². The van der Waals surface area contributed by atoms with E-state index in [4.69, 9.17) is 17.0 Å². The number of rotatable bonds is 2. The molecule has 0 saturated heterocycles. The third-order valence-corrected chi connectivity index (χ3v) is 2.00. The first-order valence-corrected chi connectivity index (χ1v) is 5.61. The van der Waals surface area contributed by atoms with Crippen molar-refractivity contribution in [3.8, 4) is 5.88 Å². The van der Waals surface area contributed by atoms with Crippen LogP contribution in [0.15, 0.2) is 12.3 Å². The molecule has 1 aromatic heterocycles. The summed E-state index contributed by atoms with van der Waals surface area (Å²) < 4.78 is 116. The first-order valence-electron chi connectivity index (χ1n) is 5.23. The lowest BCUT2D eigenvalue weighted by molar-refractivity contribution is -0.300. The minimum absolute atomic E-state index is 0.257. The normalized spacial score (nSPS) is 12.3. The van der Waals surface area contributed by atoms with Crippen LogP contribution in [0.3, 0.4) is 0 Å². The molecule has 0 saturated carbocycles. The predicted molar refractivity (Wildman–Crippen MR) is 60.7 cm³/mol. The molecule has 0 aromatic carbocycles. The van der Waals surface area contributed by atoms with Crippen LogP contribution in [0.5, 0.6) is 5.88 Å². The van der Waals surface area contributed by atoms with Crippen LogP contribution < -0.4 is 4.74 Å². The monoisotopic (exact) mass is 393 g/mol. The van der Waals surface area contributed by atoms with Crippen molar-refractivity contribution in [3.63, 3.8) is 0 Å². The van der Waals surface area contributed by atoms with Crippen LogP contribution in [0.2, 0.25) is 5.02 Å². The van der Waals surface area contributed by atoms with E-state index in [1.54, 1.807) is 0 Å². The quantitative estimate of drug-likeness (QED) is 0.384. The molecule has 1 heterocycles. The lowest BCUT2D eigenvalue weighted by Gasteiger charge is -2.23. The van der Waals surface area contributed by atoms with E-state index >= 15 is 0 Å². The number of ether oxygens (including phenoxy) is 1. The van der Waals surface area contributed by atoms with Crippen molar-refractivity contribution in [3.05, 3.63) is 22.3 Å². The molecule has 0 bridgehead atoms. The maximum atomic E-state index is 12.2.